The van der Waals surface area contributed by atoms with Gasteiger partial charge in [0.25, 0.3) is 0 Å². The molecule has 1 rings (SSSR count). The summed E-state index contributed by atoms with van der Waals surface area (Å²) < 4.78 is 0.993. The first-order valence-corrected chi connectivity index (χ1v) is 2.83. The molecule has 0 bridgehead atoms. The molecule has 7 heavy (non-hydrogen) atoms. The highest BCUT2D eigenvalue weighted by Gasteiger charge is 2.04. The van der Waals surface area contributed by atoms with E-state index in [9.17, 15) is 0 Å². The first-order chi connectivity index (χ1) is 3.30. The van der Waals surface area contributed by atoms with E-state index in [2.05, 4.69) is 27.4 Å². The Bertz CT molecular complexity index is 99.9. The van der Waals surface area contributed by atoms with E-state index >= 15 is 0 Å². The summed E-state index contributed by atoms with van der Waals surface area (Å²) in [5.74, 6) is 0. The van der Waals surface area contributed by atoms with E-state index in [0.717, 1.165) is 11.2 Å². The molecule has 0 fully saturated rings. The van der Waals surface area contributed by atoms with E-state index in [1.165, 1.54) is 0 Å². The standard InChI is InChI=1S/C4H6BrN2/c1-7-4(5)2-3-6-7/h6H,3H2,1H3. The van der Waals surface area contributed by atoms with Crippen molar-refractivity contribution >= 4 is 15.9 Å². The molecule has 1 N–H and O–H groups in total. The van der Waals surface area contributed by atoms with Crippen LogP contribution in [0.5, 0.6) is 0 Å². The summed E-state index contributed by atoms with van der Waals surface area (Å²) in [4.78, 5) is 0. The summed E-state index contributed by atoms with van der Waals surface area (Å²) in [6.45, 7) is 0.817. The fourth-order valence-corrected chi connectivity index (χ4v) is 0.685. The van der Waals surface area contributed by atoms with Crippen LogP contribution in [0.2, 0.25) is 0 Å². The predicted octanol–water partition coefficient (Wildman–Crippen LogP) is 0.476. The van der Waals surface area contributed by atoms with Gasteiger partial charge in [-0.25, -0.2) is 5.43 Å². The van der Waals surface area contributed by atoms with Crippen molar-refractivity contribution in [2.75, 3.05) is 13.6 Å². The first kappa shape index (κ1) is 5.12. The molecule has 0 saturated carbocycles. The van der Waals surface area contributed by atoms with Crippen LogP contribution in [0.25, 0.3) is 0 Å². The van der Waals surface area contributed by atoms with Gasteiger partial charge in [0.1, 0.15) is 0 Å². The van der Waals surface area contributed by atoms with Crippen molar-refractivity contribution in [3.05, 3.63) is 10.7 Å². The number of hydrogen-bond acceptors (Lipinski definition) is 2. The highest BCUT2D eigenvalue weighted by atomic mass is 79.9. The Morgan fingerprint density at radius 1 is 2.00 bits per heavy atom. The Balaban J connectivity index is 2.54. The first-order valence-electron chi connectivity index (χ1n) is 2.04. The van der Waals surface area contributed by atoms with Crippen molar-refractivity contribution in [1.82, 2.24) is 10.4 Å². The monoisotopic (exact) mass is 161 g/mol. The number of hydrazine groups is 1. The van der Waals surface area contributed by atoms with Gasteiger partial charge in [0.05, 0.1) is 4.61 Å². The molecule has 0 unspecified atom stereocenters. The number of nitrogens with one attached hydrogen (secondary N) is 1. The Morgan fingerprint density at radius 3 is 2.86 bits per heavy atom. The molecule has 0 aromatic carbocycles. The van der Waals surface area contributed by atoms with E-state index in [1.807, 2.05) is 12.1 Å². The highest BCUT2D eigenvalue weighted by molar-refractivity contribution is 9.11. The van der Waals surface area contributed by atoms with Gasteiger partial charge >= 0.3 is 0 Å². The fourth-order valence-electron chi connectivity index (χ4n) is 0.419. The minimum absolute atomic E-state index is 0.817. The van der Waals surface area contributed by atoms with Gasteiger partial charge in [-0.3, -0.25) is 0 Å². The lowest BCUT2D eigenvalue weighted by Gasteiger charge is -2.09. The Morgan fingerprint density at radius 2 is 2.71 bits per heavy atom. The quantitative estimate of drug-likeness (QED) is 0.521. The van der Waals surface area contributed by atoms with Crippen LogP contribution in [-0.2, 0) is 0 Å². The van der Waals surface area contributed by atoms with E-state index in [0.29, 0.717) is 0 Å². The van der Waals surface area contributed by atoms with Crippen LogP contribution < -0.4 is 5.43 Å². The SMILES string of the molecule is CN1NC[C]=C1Br. The number of nitrogens with zero attached hydrogens (tertiary/aromatic N) is 1. The Kier molecular flexibility index (Phi) is 1.35. The van der Waals surface area contributed by atoms with E-state index in [-0.39, 0.29) is 0 Å². The highest BCUT2D eigenvalue weighted by Crippen LogP contribution is 2.09. The van der Waals surface area contributed by atoms with Gasteiger partial charge in [0.15, 0.2) is 0 Å². The van der Waals surface area contributed by atoms with Gasteiger partial charge < -0.3 is 5.01 Å². The van der Waals surface area contributed by atoms with Gasteiger partial charge in [-0.1, -0.05) is 0 Å². The zero-order valence-electron chi connectivity index (χ0n) is 4.03. The normalized spacial score (nSPS) is 20.3. The maximum Gasteiger partial charge on any atom is 0.0996 e. The molecular weight excluding hydrogens is 156 g/mol. The molecule has 1 radical (unpaired) electrons. The summed E-state index contributed by atoms with van der Waals surface area (Å²) in [5.41, 5.74) is 3.01. The molecule has 1 aliphatic heterocycles. The van der Waals surface area contributed by atoms with Crippen LogP contribution in [0.3, 0.4) is 0 Å². The summed E-state index contributed by atoms with van der Waals surface area (Å²) in [6.07, 6.45) is 3.02. The molecule has 0 saturated heterocycles. The average molecular weight is 162 g/mol. The zero-order chi connectivity index (χ0) is 5.28. The average Bonchev–Trinajstić information content (AvgIpc) is 1.91. The molecule has 2 nitrogen and oxygen atoms in total. The maximum atomic E-state index is 3.27. The van der Waals surface area contributed by atoms with Gasteiger partial charge in [0.2, 0.25) is 0 Å². The Hall–Kier alpha value is -0.0200. The number of rotatable bonds is 0. The number of hydrogen-bond donors (Lipinski definition) is 1. The Labute approximate surface area is 51.3 Å². The third kappa shape index (κ3) is 0.951. The molecule has 0 aromatic rings. The van der Waals surface area contributed by atoms with Crippen molar-refractivity contribution in [3.63, 3.8) is 0 Å². The third-order valence-corrected chi connectivity index (χ3v) is 1.66. The van der Waals surface area contributed by atoms with Gasteiger partial charge in [-0.2, -0.15) is 0 Å². The minimum atomic E-state index is 0.817. The smallest absolute Gasteiger partial charge is 0.0996 e. The topological polar surface area (TPSA) is 15.3 Å². The maximum absolute atomic E-state index is 3.27. The molecule has 1 aliphatic rings. The second-order valence-corrected chi connectivity index (χ2v) is 2.11. The number of halogens is 1. The molecular formula is C4H6BrN2. The summed E-state index contributed by atoms with van der Waals surface area (Å²) >= 11 is 3.27. The van der Waals surface area contributed by atoms with Crippen molar-refractivity contribution in [3.8, 4) is 0 Å². The summed E-state index contributed by atoms with van der Waals surface area (Å²) in [6, 6.07) is 0. The summed E-state index contributed by atoms with van der Waals surface area (Å²) in [5, 5.41) is 1.88. The van der Waals surface area contributed by atoms with E-state index in [4.69, 9.17) is 0 Å². The largest absolute Gasteiger partial charge is 0.304 e. The second kappa shape index (κ2) is 1.84. The molecule has 0 aromatic heterocycles. The molecule has 0 spiro atoms. The predicted molar refractivity (Wildman–Crippen MR) is 31.4 cm³/mol. The van der Waals surface area contributed by atoms with Crippen LogP contribution in [0.1, 0.15) is 0 Å². The van der Waals surface area contributed by atoms with Crippen molar-refractivity contribution < 1.29 is 0 Å². The van der Waals surface area contributed by atoms with Crippen molar-refractivity contribution in [2.24, 2.45) is 0 Å². The van der Waals surface area contributed by atoms with Crippen LogP contribution in [0.15, 0.2) is 4.61 Å². The lowest BCUT2D eigenvalue weighted by Crippen LogP contribution is -2.25. The lowest BCUT2D eigenvalue weighted by molar-refractivity contribution is 0.368. The van der Waals surface area contributed by atoms with E-state index < -0.39 is 0 Å². The van der Waals surface area contributed by atoms with Gasteiger partial charge in [0, 0.05) is 19.7 Å². The van der Waals surface area contributed by atoms with Crippen LogP contribution in [0, 0.1) is 6.08 Å². The summed E-state index contributed by atoms with van der Waals surface area (Å²) in [7, 11) is 1.93. The van der Waals surface area contributed by atoms with Crippen LogP contribution in [-0.4, -0.2) is 18.6 Å². The lowest BCUT2D eigenvalue weighted by atomic mass is 10.7. The minimum Gasteiger partial charge on any atom is -0.304 e. The van der Waals surface area contributed by atoms with Crippen molar-refractivity contribution in [2.45, 2.75) is 0 Å². The van der Waals surface area contributed by atoms with Gasteiger partial charge in [-0.15, -0.1) is 0 Å². The molecule has 0 aliphatic carbocycles. The molecule has 1 heterocycles. The van der Waals surface area contributed by atoms with E-state index in [1.54, 1.807) is 0 Å². The molecule has 39 valence electrons. The van der Waals surface area contributed by atoms with Crippen LogP contribution >= 0.6 is 15.9 Å². The fraction of sp³-hybridized carbons (Fsp3) is 0.500. The van der Waals surface area contributed by atoms with Crippen LogP contribution in [0.4, 0.5) is 0 Å². The molecule has 0 atom stereocenters. The van der Waals surface area contributed by atoms with Crippen molar-refractivity contribution in [1.29, 1.82) is 0 Å². The third-order valence-electron chi connectivity index (χ3n) is 0.845. The van der Waals surface area contributed by atoms with Gasteiger partial charge in [-0.05, 0) is 15.9 Å². The molecule has 3 heteroatoms. The second-order valence-electron chi connectivity index (χ2n) is 1.36. The zero-order valence-corrected chi connectivity index (χ0v) is 5.62. The molecule has 0 amide bonds.